The summed E-state index contributed by atoms with van der Waals surface area (Å²) in [5.74, 6) is -0.441. The molecule has 1 amide bonds. The number of amides is 1. The lowest BCUT2D eigenvalue weighted by Gasteiger charge is -2.08. The van der Waals surface area contributed by atoms with E-state index in [0.29, 0.717) is 22.0 Å². The summed E-state index contributed by atoms with van der Waals surface area (Å²) in [6, 6.07) is 12.5. The number of rotatable bonds is 3. The molecular weight excluding hydrogens is 269 g/mol. The number of hydrogen-bond donors (Lipinski definition) is 1. The smallest absolute Gasteiger partial charge is 0.248 e. The molecule has 18 heavy (non-hydrogen) atoms. The summed E-state index contributed by atoms with van der Waals surface area (Å²) in [6.07, 6.45) is 0.526. The second kappa shape index (κ2) is 5.42. The van der Waals surface area contributed by atoms with Crippen molar-refractivity contribution < 1.29 is 4.79 Å². The van der Waals surface area contributed by atoms with Crippen LogP contribution in [-0.2, 0) is 6.42 Å². The number of primary amides is 1. The minimum atomic E-state index is -0.441. The maximum Gasteiger partial charge on any atom is 0.248 e. The van der Waals surface area contributed by atoms with E-state index < -0.39 is 5.91 Å². The van der Waals surface area contributed by atoms with Gasteiger partial charge in [0.2, 0.25) is 5.91 Å². The molecule has 0 bridgehead atoms. The van der Waals surface area contributed by atoms with Crippen LogP contribution in [0.1, 0.15) is 21.5 Å². The van der Waals surface area contributed by atoms with E-state index in [-0.39, 0.29) is 0 Å². The summed E-state index contributed by atoms with van der Waals surface area (Å²) in [6.45, 7) is 0. The third-order valence-electron chi connectivity index (χ3n) is 2.67. The lowest BCUT2D eigenvalue weighted by atomic mass is 9.99. The standard InChI is InChI=1S/C14H11Cl2NO/c15-11-5-6-13(16)10(8-11)7-9-3-1-2-4-12(9)14(17)18/h1-6,8H,7H2,(H2,17,18). The first kappa shape index (κ1) is 12.9. The Hall–Kier alpha value is -1.51. The van der Waals surface area contributed by atoms with Crippen molar-refractivity contribution in [3.05, 3.63) is 69.2 Å². The van der Waals surface area contributed by atoms with E-state index in [1.165, 1.54) is 0 Å². The molecule has 0 aromatic heterocycles. The number of carbonyl (C=O) groups excluding carboxylic acids is 1. The second-order valence-electron chi connectivity index (χ2n) is 3.93. The van der Waals surface area contributed by atoms with Gasteiger partial charge in [0, 0.05) is 15.6 Å². The van der Waals surface area contributed by atoms with E-state index in [0.717, 1.165) is 11.1 Å². The first-order valence-corrected chi connectivity index (χ1v) is 6.15. The van der Waals surface area contributed by atoms with Crippen LogP contribution in [0.4, 0.5) is 0 Å². The molecule has 0 radical (unpaired) electrons. The first-order valence-electron chi connectivity index (χ1n) is 5.39. The van der Waals surface area contributed by atoms with Gasteiger partial charge in [0.05, 0.1) is 0 Å². The SMILES string of the molecule is NC(=O)c1ccccc1Cc1cc(Cl)ccc1Cl. The lowest BCUT2D eigenvalue weighted by molar-refractivity contribution is 0.0999. The Bertz CT molecular complexity index is 596. The molecule has 0 unspecified atom stereocenters. The summed E-state index contributed by atoms with van der Waals surface area (Å²) >= 11 is 12.0. The van der Waals surface area contributed by atoms with Crippen LogP contribution in [0.2, 0.25) is 10.0 Å². The van der Waals surface area contributed by atoms with Crippen molar-refractivity contribution in [2.75, 3.05) is 0 Å². The van der Waals surface area contributed by atoms with Crippen molar-refractivity contribution >= 4 is 29.1 Å². The highest BCUT2D eigenvalue weighted by Crippen LogP contribution is 2.24. The van der Waals surface area contributed by atoms with Gasteiger partial charge < -0.3 is 5.73 Å². The van der Waals surface area contributed by atoms with Crippen LogP contribution in [-0.4, -0.2) is 5.91 Å². The van der Waals surface area contributed by atoms with Crippen molar-refractivity contribution in [1.29, 1.82) is 0 Å². The molecule has 0 spiro atoms. The fourth-order valence-corrected chi connectivity index (χ4v) is 2.18. The minimum absolute atomic E-state index is 0.441. The van der Waals surface area contributed by atoms with E-state index in [1.807, 2.05) is 12.1 Å². The molecule has 0 saturated heterocycles. The summed E-state index contributed by atoms with van der Waals surface area (Å²) in [4.78, 5) is 11.3. The molecule has 2 aromatic rings. The van der Waals surface area contributed by atoms with Crippen LogP contribution in [0, 0.1) is 0 Å². The Morgan fingerprint density at radius 1 is 1.06 bits per heavy atom. The molecule has 2 rings (SSSR count). The summed E-state index contributed by atoms with van der Waals surface area (Å²) < 4.78 is 0. The second-order valence-corrected chi connectivity index (χ2v) is 4.78. The zero-order valence-electron chi connectivity index (χ0n) is 9.49. The molecule has 0 saturated carbocycles. The van der Waals surface area contributed by atoms with Gasteiger partial charge in [-0.1, -0.05) is 41.4 Å². The van der Waals surface area contributed by atoms with E-state index in [2.05, 4.69) is 0 Å². The van der Waals surface area contributed by atoms with E-state index >= 15 is 0 Å². The maximum atomic E-state index is 11.3. The Labute approximate surface area is 115 Å². The minimum Gasteiger partial charge on any atom is -0.366 e. The van der Waals surface area contributed by atoms with Crippen LogP contribution in [0.3, 0.4) is 0 Å². The van der Waals surface area contributed by atoms with Crippen LogP contribution in [0.15, 0.2) is 42.5 Å². The van der Waals surface area contributed by atoms with Gasteiger partial charge in [-0.2, -0.15) is 0 Å². The summed E-state index contributed by atoms with van der Waals surface area (Å²) in [5, 5.41) is 1.24. The highest BCUT2D eigenvalue weighted by molar-refractivity contribution is 6.33. The van der Waals surface area contributed by atoms with E-state index in [4.69, 9.17) is 28.9 Å². The van der Waals surface area contributed by atoms with Gasteiger partial charge in [-0.25, -0.2) is 0 Å². The van der Waals surface area contributed by atoms with Gasteiger partial charge in [0.25, 0.3) is 0 Å². The van der Waals surface area contributed by atoms with Crippen molar-refractivity contribution in [2.24, 2.45) is 5.73 Å². The fourth-order valence-electron chi connectivity index (χ4n) is 1.80. The van der Waals surface area contributed by atoms with Crippen molar-refractivity contribution in [1.82, 2.24) is 0 Å². The molecule has 0 aliphatic carbocycles. The molecule has 0 aliphatic rings. The van der Waals surface area contributed by atoms with Gasteiger partial charge in [0.1, 0.15) is 0 Å². The number of halogens is 2. The Balaban J connectivity index is 2.40. The van der Waals surface area contributed by atoms with Crippen molar-refractivity contribution in [3.63, 3.8) is 0 Å². The lowest BCUT2D eigenvalue weighted by Crippen LogP contribution is -2.13. The Morgan fingerprint density at radius 3 is 2.50 bits per heavy atom. The average Bonchev–Trinajstić information content (AvgIpc) is 2.34. The molecule has 4 heteroatoms. The molecule has 0 aliphatic heterocycles. The van der Waals surface area contributed by atoms with Gasteiger partial charge in [0.15, 0.2) is 0 Å². The first-order chi connectivity index (χ1) is 8.58. The molecule has 2 nitrogen and oxygen atoms in total. The normalized spacial score (nSPS) is 10.3. The predicted octanol–water partition coefficient (Wildman–Crippen LogP) is 3.68. The van der Waals surface area contributed by atoms with Crippen LogP contribution >= 0.6 is 23.2 Å². The van der Waals surface area contributed by atoms with Crippen molar-refractivity contribution in [2.45, 2.75) is 6.42 Å². The number of hydrogen-bond acceptors (Lipinski definition) is 1. The fraction of sp³-hybridized carbons (Fsp3) is 0.0714. The molecule has 2 aromatic carbocycles. The molecule has 0 fully saturated rings. The van der Waals surface area contributed by atoms with Gasteiger partial charge in [-0.3, -0.25) is 4.79 Å². The molecule has 0 heterocycles. The monoisotopic (exact) mass is 279 g/mol. The highest BCUT2D eigenvalue weighted by Gasteiger charge is 2.09. The zero-order valence-corrected chi connectivity index (χ0v) is 11.0. The molecule has 92 valence electrons. The van der Waals surface area contributed by atoms with Gasteiger partial charge in [-0.05, 0) is 41.8 Å². The quantitative estimate of drug-likeness (QED) is 0.915. The highest BCUT2D eigenvalue weighted by atomic mass is 35.5. The third kappa shape index (κ3) is 2.84. The largest absolute Gasteiger partial charge is 0.366 e. The Kier molecular flexibility index (Phi) is 3.90. The maximum absolute atomic E-state index is 11.3. The van der Waals surface area contributed by atoms with Crippen LogP contribution in [0.5, 0.6) is 0 Å². The molecular formula is C14H11Cl2NO. The van der Waals surface area contributed by atoms with Gasteiger partial charge in [-0.15, -0.1) is 0 Å². The zero-order chi connectivity index (χ0) is 13.1. The topological polar surface area (TPSA) is 43.1 Å². The average molecular weight is 280 g/mol. The van der Waals surface area contributed by atoms with E-state index in [1.54, 1.807) is 30.3 Å². The predicted molar refractivity (Wildman–Crippen MR) is 74.2 cm³/mol. The Morgan fingerprint density at radius 2 is 1.78 bits per heavy atom. The number of carbonyl (C=O) groups is 1. The number of benzene rings is 2. The van der Waals surface area contributed by atoms with Crippen LogP contribution < -0.4 is 5.73 Å². The molecule has 0 atom stereocenters. The number of nitrogens with two attached hydrogens (primary N) is 1. The van der Waals surface area contributed by atoms with Crippen LogP contribution in [0.25, 0.3) is 0 Å². The van der Waals surface area contributed by atoms with E-state index in [9.17, 15) is 4.79 Å². The van der Waals surface area contributed by atoms with Crippen molar-refractivity contribution in [3.8, 4) is 0 Å². The summed E-state index contributed by atoms with van der Waals surface area (Å²) in [5.41, 5.74) is 7.56. The van der Waals surface area contributed by atoms with Gasteiger partial charge >= 0.3 is 0 Å². The third-order valence-corrected chi connectivity index (χ3v) is 3.28. The summed E-state index contributed by atoms with van der Waals surface area (Å²) in [7, 11) is 0. The molecule has 2 N–H and O–H groups in total.